The molecule has 0 fully saturated rings. The van der Waals surface area contributed by atoms with Gasteiger partial charge in [0, 0.05) is 23.9 Å². The summed E-state index contributed by atoms with van der Waals surface area (Å²) in [5.74, 6) is 1.62. The number of ether oxygens (including phenoxy) is 2. The second-order valence-electron chi connectivity index (χ2n) is 6.45. The van der Waals surface area contributed by atoms with Crippen molar-refractivity contribution < 1.29 is 9.47 Å². The second-order valence-corrected chi connectivity index (χ2v) is 6.45. The first kappa shape index (κ1) is 17.8. The lowest BCUT2D eigenvalue weighted by molar-refractivity contribution is 0.188. The number of rotatable bonds is 7. The molecular weight excluding hydrogens is 326 g/mol. The minimum atomic E-state index is -0.110. The summed E-state index contributed by atoms with van der Waals surface area (Å²) >= 11 is 0. The van der Waals surface area contributed by atoms with Gasteiger partial charge in [0.25, 0.3) is 5.56 Å². The van der Waals surface area contributed by atoms with Crippen LogP contribution in [0.3, 0.4) is 0 Å². The van der Waals surface area contributed by atoms with Gasteiger partial charge in [0.15, 0.2) is 0 Å². The summed E-state index contributed by atoms with van der Waals surface area (Å²) in [6.45, 7) is 5.10. The zero-order valence-electron chi connectivity index (χ0n) is 15.1. The number of aromatic nitrogens is 1. The Balaban J connectivity index is 1.57. The smallest absolute Gasteiger partial charge is 0.258 e. The highest BCUT2D eigenvalue weighted by Crippen LogP contribution is 2.14. The van der Waals surface area contributed by atoms with Crippen molar-refractivity contribution in [2.45, 2.75) is 13.8 Å². The standard InChI is InChI=1S/C22H23NO3/c1-17-7-6-8-19(13-17)23-12-11-21(14-22(23)24)26-16-18(2)15-25-20-9-4-3-5-10-20/h3-14,18H,15-16H2,1-2H3. The van der Waals surface area contributed by atoms with E-state index in [-0.39, 0.29) is 11.5 Å². The third-order valence-electron chi connectivity index (χ3n) is 3.98. The maximum Gasteiger partial charge on any atom is 0.258 e. The molecule has 0 saturated heterocycles. The van der Waals surface area contributed by atoms with Crippen LogP contribution in [0, 0.1) is 12.8 Å². The number of hydrogen-bond donors (Lipinski definition) is 0. The van der Waals surface area contributed by atoms with E-state index in [2.05, 4.69) is 6.92 Å². The van der Waals surface area contributed by atoms with Gasteiger partial charge in [0.2, 0.25) is 0 Å². The van der Waals surface area contributed by atoms with Gasteiger partial charge in [-0.05, 0) is 42.8 Å². The van der Waals surface area contributed by atoms with E-state index in [1.165, 1.54) is 6.07 Å². The van der Waals surface area contributed by atoms with E-state index in [1.807, 2.05) is 67.6 Å². The van der Waals surface area contributed by atoms with Crippen LogP contribution in [-0.2, 0) is 0 Å². The lowest BCUT2D eigenvalue weighted by Crippen LogP contribution is -2.19. The van der Waals surface area contributed by atoms with E-state index in [0.717, 1.165) is 17.0 Å². The van der Waals surface area contributed by atoms with Crippen LogP contribution in [0.25, 0.3) is 5.69 Å². The van der Waals surface area contributed by atoms with Crippen molar-refractivity contribution in [3.8, 4) is 17.2 Å². The molecule has 0 saturated carbocycles. The number of para-hydroxylation sites is 1. The molecule has 4 nitrogen and oxygen atoms in total. The van der Waals surface area contributed by atoms with Gasteiger partial charge >= 0.3 is 0 Å². The van der Waals surface area contributed by atoms with E-state index in [1.54, 1.807) is 10.8 Å². The largest absolute Gasteiger partial charge is 0.493 e. The van der Waals surface area contributed by atoms with E-state index in [9.17, 15) is 4.79 Å². The zero-order valence-corrected chi connectivity index (χ0v) is 15.1. The Hall–Kier alpha value is -3.01. The Bertz CT molecular complexity index is 903. The van der Waals surface area contributed by atoms with Gasteiger partial charge in [-0.2, -0.15) is 0 Å². The number of benzene rings is 2. The molecule has 3 rings (SSSR count). The van der Waals surface area contributed by atoms with Crippen LogP contribution < -0.4 is 15.0 Å². The summed E-state index contributed by atoms with van der Waals surface area (Å²) in [6.07, 6.45) is 1.75. The molecule has 0 N–H and O–H groups in total. The highest BCUT2D eigenvalue weighted by atomic mass is 16.5. The van der Waals surface area contributed by atoms with Gasteiger partial charge in [0.1, 0.15) is 11.5 Å². The van der Waals surface area contributed by atoms with Crippen molar-refractivity contribution in [3.63, 3.8) is 0 Å². The molecule has 1 unspecified atom stereocenters. The fraction of sp³-hybridized carbons (Fsp3) is 0.227. The van der Waals surface area contributed by atoms with Crippen LogP contribution in [-0.4, -0.2) is 17.8 Å². The molecule has 134 valence electrons. The predicted molar refractivity (Wildman–Crippen MR) is 103 cm³/mol. The molecule has 0 bridgehead atoms. The van der Waals surface area contributed by atoms with Crippen LogP contribution in [0.1, 0.15) is 12.5 Å². The summed E-state index contributed by atoms with van der Waals surface area (Å²) in [4.78, 5) is 12.4. The Morgan fingerprint density at radius 2 is 1.62 bits per heavy atom. The first-order valence-electron chi connectivity index (χ1n) is 8.72. The lowest BCUT2D eigenvalue weighted by atomic mass is 10.2. The number of nitrogens with zero attached hydrogens (tertiary/aromatic N) is 1. The SMILES string of the molecule is Cc1cccc(-n2ccc(OCC(C)COc3ccccc3)cc2=O)c1. The molecule has 1 atom stereocenters. The minimum Gasteiger partial charge on any atom is -0.493 e. The van der Waals surface area contributed by atoms with Crippen LogP contribution in [0.5, 0.6) is 11.5 Å². The van der Waals surface area contributed by atoms with Gasteiger partial charge < -0.3 is 9.47 Å². The Kier molecular flexibility index (Phi) is 5.74. The minimum absolute atomic E-state index is 0.110. The maximum atomic E-state index is 12.4. The molecule has 0 aliphatic carbocycles. The van der Waals surface area contributed by atoms with E-state index >= 15 is 0 Å². The van der Waals surface area contributed by atoms with Crippen LogP contribution in [0.15, 0.2) is 77.7 Å². The Morgan fingerprint density at radius 1 is 0.885 bits per heavy atom. The van der Waals surface area contributed by atoms with Gasteiger partial charge in [-0.1, -0.05) is 37.3 Å². The molecule has 26 heavy (non-hydrogen) atoms. The molecule has 0 amide bonds. The van der Waals surface area contributed by atoms with Crippen molar-refractivity contribution in [1.82, 2.24) is 4.57 Å². The third kappa shape index (κ3) is 4.76. The molecule has 2 aromatic carbocycles. The summed E-state index contributed by atoms with van der Waals surface area (Å²) in [5.41, 5.74) is 1.86. The number of pyridine rings is 1. The normalized spacial score (nSPS) is 11.8. The molecule has 0 radical (unpaired) electrons. The molecule has 4 heteroatoms. The highest BCUT2D eigenvalue weighted by Gasteiger charge is 2.07. The predicted octanol–water partition coefficient (Wildman–Crippen LogP) is 4.24. The average Bonchev–Trinajstić information content (AvgIpc) is 2.65. The Labute approximate surface area is 153 Å². The van der Waals surface area contributed by atoms with Crippen molar-refractivity contribution in [1.29, 1.82) is 0 Å². The van der Waals surface area contributed by atoms with Crippen LogP contribution in [0.2, 0.25) is 0 Å². The molecule has 3 aromatic rings. The maximum absolute atomic E-state index is 12.4. The number of hydrogen-bond acceptors (Lipinski definition) is 3. The highest BCUT2D eigenvalue weighted by molar-refractivity contribution is 5.36. The summed E-state index contributed by atoms with van der Waals surface area (Å²) in [7, 11) is 0. The summed E-state index contributed by atoms with van der Waals surface area (Å²) in [5, 5.41) is 0. The molecular formula is C22H23NO3. The molecule has 0 spiro atoms. The summed E-state index contributed by atoms with van der Waals surface area (Å²) < 4.78 is 13.1. The third-order valence-corrected chi connectivity index (χ3v) is 3.98. The van der Waals surface area contributed by atoms with E-state index in [4.69, 9.17) is 9.47 Å². The van der Waals surface area contributed by atoms with E-state index in [0.29, 0.717) is 19.0 Å². The van der Waals surface area contributed by atoms with Crippen molar-refractivity contribution in [2.75, 3.05) is 13.2 Å². The zero-order chi connectivity index (χ0) is 18.4. The van der Waals surface area contributed by atoms with E-state index < -0.39 is 0 Å². The first-order valence-corrected chi connectivity index (χ1v) is 8.72. The summed E-state index contributed by atoms with van der Waals surface area (Å²) in [6, 6.07) is 20.9. The molecule has 1 aromatic heterocycles. The quantitative estimate of drug-likeness (QED) is 0.640. The van der Waals surface area contributed by atoms with Gasteiger partial charge in [0.05, 0.1) is 13.2 Å². The second kappa shape index (κ2) is 8.39. The monoisotopic (exact) mass is 349 g/mol. The van der Waals surface area contributed by atoms with Crippen LogP contribution >= 0.6 is 0 Å². The van der Waals surface area contributed by atoms with Crippen molar-refractivity contribution in [3.05, 3.63) is 88.8 Å². The van der Waals surface area contributed by atoms with Gasteiger partial charge in [-0.25, -0.2) is 0 Å². The van der Waals surface area contributed by atoms with Gasteiger partial charge in [-0.3, -0.25) is 9.36 Å². The fourth-order valence-corrected chi connectivity index (χ4v) is 2.58. The molecule has 1 heterocycles. The molecule has 0 aliphatic heterocycles. The first-order chi connectivity index (χ1) is 12.6. The molecule has 0 aliphatic rings. The van der Waals surface area contributed by atoms with Crippen molar-refractivity contribution in [2.24, 2.45) is 5.92 Å². The lowest BCUT2D eigenvalue weighted by Gasteiger charge is -2.15. The number of aryl methyl sites for hydroxylation is 1. The average molecular weight is 349 g/mol. The van der Waals surface area contributed by atoms with Crippen molar-refractivity contribution >= 4 is 0 Å². The van der Waals surface area contributed by atoms with Gasteiger partial charge in [-0.15, -0.1) is 0 Å². The topological polar surface area (TPSA) is 40.5 Å². The Morgan fingerprint density at radius 3 is 2.31 bits per heavy atom. The van der Waals surface area contributed by atoms with Crippen LogP contribution in [0.4, 0.5) is 0 Å². The fourth-order valence-electron chi connectivity index (χ4n) is 2.58.